The summed E-state index contributed by atoms with van der Waals surface area (Å²) < 4.78 is 5.10. The van der Waals surface area contributed by atoms with E-state index < -0.39 is 11.8 Å². The van der Waals surface area contributed by atoms with Gasteiger partial charge in [-0.05, 0) is 67.1 Å². The first-order chi connectivity index (χ1) is 15.9. The molecular formula is C25H20ClN3O4. The number of nitrogens with one attached hydrogen (secondary N) is 2. The van der Waals surface area contributed by atoms with E-state index in [1.54, 1.807) is 67.8 Å². The first-order valence-corrected chi connectivity index (χ1v) is 10.4. The van der Waals surface area contributed by atoms with Crippen LogP contribution in [0.5, 0.6) is 5.75 Å². The number of imide groups is 1. The van der Waals surface area contributed by atoms with Crippen molar-refractivity contribution in [2.24, 2.45) is 0 Å². The SMILES string of the molecule is COc1ccc(NC(=O)c2ccc(NC3=C(Cl)C(=O)N(c4ccccc4C)C3=O)cc2)cc1. The van der Waals surface area contributed by atoms with Gasteiger partial charge in [0.05, 0.1) is 12.8 Å². The van der Waals surface area contributed by atoms with Crippen LogP contribution < -0.4 is 20.3 Å². The third-order valence-electron chi connectivity index (χ3n) is 5.15. The molecule has 3 aromatic carbocycles. The summed E-state index contributed by atoms with van der Waals surface area (Å²) in [5, 5.41) is 5.52. The van der Waals surface area contributed by atoms with Crippen LogP contribution in [-0.2, 0) is 9.59 Å². The number of carbonyl (C=O) groups is 3. The number of aryl methyl sites for hydroxylation is 1. The molecule has 0 unspecified atom stereocenters. The van der Waals surface area contributed by atoms with Crippen LogP contribution in [0.1, 0.15) is 15.9 Å². The van der Waals surface area contributed by atoms with Crippen molar-refractivity contribution in [3.8, 4) is 5.75 Å². The molecule has 0 atom stereocenters. The van der Waals surface area contributed by atoms with Crippen LogP contribution in [0.2, 0.25) is 0 Å². The summed E-state index contributed by atoms with van der Waals surface area (Å²) in [7, 11) is 1.57. The molecular weight excluding hydrogens is 442 g/mol. The van der Waals surface area contributed by atoms with Gasteiger partial charge in [0, 0.05) is 16.9 Å². The topological polar surface area (TPSA) is 87.7 Å². The van der Waals surface area contributed by atoms with Gasteiger partial charge in [0.25, 0.3) is 17.7 Å². The van der Waals surface area contributed by atoms with Crippen molar-refractivity contribution < 1.29 is 19.1 Å². The normalized spacial score (nSPS) is 13.4. The Labute approximate surface area is 195 Å². The fraction of sp³-hybridized carbons (Fsp3) is 0.0800. The molecule has 0 aliphatic carbocycles. The lowest BCUT2D eigenvalue weighted by molar-refractivity contribution is -0.120. The lowest BCUT2D eigenvalue weighted by Gasteiger charge is -2.17. The molecule has 0 radical (unpaired) electrons. The fourth-order valence-corrected chi connectivity index (χ4v) is 3.58. The molecule has 0 saturated carbocycles. The summed E-state index contributed by atoms with van der Waals surface area (Å²) in [5.41, 5.74) is 2.81. The maximum Gasteiger partial charge on any atom is 0.283 e. The molecule has 0 bridgehead atoms. The van der Waals surface area contributed by atoms with Gasteiger partial charge in [-0.2, -0.15) is 0 Å². The van der Waals surface area contributed by atoms with E-state index in [9.17, 15) is 14.4 Å². The number of amides is 3. The fourth-order valence-electron chi connectivity index (χ4n) is 3.37. The summed E-state index contributed by atoms with van der Waals surface area (Å²) in [4.78, 5) is 39.1. The van der Waals surface area contributed by atoms with Crippen molar-refractivity contribution in [2.45, 2.75) is 6.92 Å². The average Bonchev–Trinajstić information content (AvgIpc) is 3.03. The Hall–Kier alpha value is -4.10. The number of halogens is 1. The number of para-hydroxylation sites is 1. The predicted octanol–water partition coefficient (Wildman–Crippen LogP) is 4.69. The Kier molecular flexibility index (Phi) is 6.15. The number of hydrogen-bond donors (Lipinski definition) is 2. The van der Waals surface area contributed by atoms with Gasteiger partial charge in [0.1, 0.15) is 16.5 Å². The molecule has 0 fully saturated rings. The highest BCUT2D eigenvalue weighted by atomic mass is 35.5. The number of hydrogen-bond acceptors (Lipinski definition) is 5. The van der Waals surface area contributed by atoms with Gasteiger partial charge in [0.2, 0.25) is 0 Å². The molecule has 0 saturated heterocycles. The van der Waals surface area contributed by atoms with Gasteiger partial charge in [-0.1, -0.05) is 29.8 Å². The zero-order chi connectivity index (χ0) is 23.5. The Morgan fingerprint density at radius 1 is 0.879 bits per heavy atom. The summed E-state index contributed by atoms with van der Waals surface area (Å²) in [6.07, 6.45) is 0. The zero-order valence-electron chi connectivity index (χ0n) is 17.9. The third-order valence-corrected chi connectivity index (χ3v) is 5.50. The van der Waals surface area contributed by atoms with E-state index in [4.69, 9.17) is 16.3 Å². The molecule has 7 nitrogen and oxygen atoms in total. The smallest absolute Gasteiger partial charge is 0.283 e. The minimum atomic E-state index is -0.589. The van der Waals surface area contributed by atoms with Crippen LogP contribution in [0, 0.1) is 6.92 Å². The number of carbonyl (C=O) groups excluding carboxylic acids is 3. The molecule has 0 spiro atoms. The van der Waals surface area contributed by atoms with Crippen molar-refractivity contribution in [3.63, 3.8) is 0 Å². The van der Waals surface area contributed by atoms with Crippen LogP contribution in [-0.4, -0.2) is 24.8 Å². The molecule has 2 N–H and O–H groups in total. The van der Waals surface area contributed by atoms with Crippen molar-refractivity contribution >= 4 is 46.4 Å². The summed E-state index contributed by atoms with van der Waals surface area (Å²) >= 11 is 6.20. The van der Waals surface area contributed by atoms with E-state index in [2.05, 4.69) is 10.6 Å². The van der Waals surface area contributed by atoms with Crippen molar-refractivity contribution in [1.82, 2.24) is 0 Å². The highest BCUT2D eigenvalue weighted by Crippen LogP contribution is 2.31. The lowest BCUT2D eigenvalue weighted by Crippen LogP contribution is -2.32. The Morgan fingerprint density at radius 2 is 1.52 bits per heavy atom. The second kappa shape index (κ2) is 9.18. The quantitative estimate of drug-likeness (QED) is 0.520. The van der Waals surface area contributed by atoms with E-state index in [0.29, 0.717) is 28.4 Å². The number of anilines is 3. The number of rotatable bonds is 6. The van der Waals surface area contributed by atoms with Crippen LogP contribution in [0.25, 0.3) is 0 Å². The Balaban J connectivity index is 1.47. The number of nitrogens with zero attached hydrogens (tertiary/aromatic N) is 1. The second-order valence-electron chi connectivity index (χ2n) is 7.31. The molecule has 1 heterocycles. The molecule has 8 heteroatoms. The highest BCUT2D eigenvalue weighted by molar-refractivity contribution is 6.53. The Bertz CT molecular complexity index is 1270. The van der Waals surface area contributed by atoms with Gasteiger partial charge < -0.3 is 15.4 Å². The van der Waals surface area contributed by atoms with Crippen molar-refractivity contribution in [3.05, 3.63) is 94.7 Å². The number of methoxy groups -OCH3 is 1. The average molecular weight is 462 g/mol. The van der Waals surface area contributed by atoms with Gasteiger partial charge in [-0.25, -0.2) is 4.90 Å². The van der Waals surface area contributed by atoms with Gasteiger partial charge in [-0.15, -0.1) is 0 Å². The zero-order valence-corrected chi connectivity index (χ0v) is 18.6. The molecule has 1 aliphatic rings. The highest BCUT2D eigenvalue weighted by Gasteiger charge is 2.39. The van der Waals surface area contributed by atoms with Crippen LogP contribution in [0.3, 0.4) is 0 Å². The number of benzene rings is 3. The molecule has 1 aliphatic heterocycles. The summed E-state index contributed by atoms with van der Waals surface area (Å²) in [6.45, 7) is 1.81. The van der Waals surface area contributed by atoms with Crippen LogP contribution >= 0.6 is 11.6 Å². The first-order valence-electron chi connectivity index (χ1n) is 10.1. The monoisotopic (exact) mass is 461 g/mol. The van der Waals surface area contributed by atoms with Gasteiger partial charge in [0.15, 0.2) is 0 Å². The third kappa shape index (κ3) is 4.44. The summed E-state index contributed by atoms with van der Waals surface area (Å²) in [6, 6.07) is 20.5. The van der Waals surface area contributed by atoms with Gasteiger partial charge >= 0.3 is 0 Å². The van der Waals surface area contributed by atoms with Crippen molar-refractivity contribution in [2.75, 3.05) is 22.6 Å². The molecule has 33 heavy (non-hydrogen) atoms. The minimum Gasteiger partial charge on any atom is -0.497 e. The number of ether oxygens (including phenoxy) is 1. The van der Waals surface area contributed by atoms with E-state index in [-0.39, 0.29) is 16.6 Å². The van der Waals surface area contributed by atoms with E-state index in [0.717, 1.165) is 10.5 Å². The second-order valence-corrected chi connectivity index (χ2v) is 7.68. The minimum absolute atomic E-state index is 0.0136. The molecule has 0 aromatic heterocycles. The molecule has 3 aromatic rings. The predicted molar refractivity (Wildman–Crippen MR) is 128 cm³/mol. The van der Waals surface area contributed by atoms with Gasteiger partial charge in [-0.3, -0.25) is 14.4 Å². The summed E-state index contributed by atoms with van der Waals surface area (Å²) in [5.74, 6) is -0.728. The van der Waals surface area contributed by atoms with E-state index >= 15 is 0 Å². The maximum atomic E-state index is 12.9. The largest absolute Gasteiger partial charge is 0.497 e. The molecule has 3 amide bonds. The standard InChI is InChI=1S/C25H20ClN3O4/c1-15-5-3-4-6-20(15)29-24(31)21(26)22(25(29)32)27-17-9-7-16(8-10-17)23(30)28-18-11-13-19(33-2)14-12-18/h3-14,27H,1-2H3,(H,28,30). The first kappa shape index (κ1) is 22.1. The van der Waals surface area contributed by atoms with Crippen molar-refractivity contribution in [1.29, 1.82) is 0 Å². The van der Waals surface area contributed by atoms with E-state index in [1.807, 2.05) is 19.1 Å². The molecule has 4 rings (SSSR count). The van der Waals surface area contributed by atoms with Crippen LogP contribution in [0.4, 0.5) is 17.1 Å². The maximum absolute atomic E-state index is 12.9. The lowest BCUT2D eigenvalue weighted by atomic mass is 10.1. The molecule has 166 valence electrons. The van der Waals surface area contributed by atoms with Crippen LogP contribution in [0.15, 0.2) is 83.5 Å². The Morgan fingerprint density at radius 3 is 2.15 bits per heavy atom. The van der Waals surface area contributed by atoms with E-state index in [1.165, 1.54) is 0 Å².